The molecule has 0 radical (unpaired) electrons. The van der Waals surface area contributed by atoms with E-state index in [0.29, 0.717) is 32.5 Å². The lowest BCUT2D eigenvalue weighted by Gasteiger charge is -2.39. The molecule has 0 spiro atoms. The van der Waals surface area contributed by atoms with Gasteiger partial charge in [0.1, 0.15) is 17.3 Å². The third kappa shape index (κ3) is 2.62. The van der Waals surface area contributed by atoms with Crippen LogP contribution in [0.3, 0.4) is 0 Å². The molecule has 1 aromatic rings. The molecule has 2 N–H and O–H groups in total. The third-order valence-electron chi connectivity index (χ3n) is 3.45. The van der Waals surface area contributed by atoms with E-state index in [-0.39, 0.29) is 5.69 Å². The van der Waals surface area contributed by atoms with Gasteiger partial charge in [-0.25, -0.2) is 8.78 Å². The van der Waals surface area contributed by atoms with E-state index < -0.39 is 17.2 Å². The first-order valence-corrected chi connectivity index (χ1v) is 6.12. The maximum atomic E-state index is 13.6. The van der Waals surface area contributed by atoms with E-state index in [2.05, 4.69) is 5.32 Å². The Bertz CT molecular complexity index is 397. The molecule has 0 atom stereocenters. The summed E-state index contributed by atoms with van der Waals surface area (Å²) in [5.74, 6) is -1.09. The number of para-hydroxylation sites is 1. The van der Waals surface area contributed by atoms with Crippen LogP contribution in [-0.2, 0) is 0 Å². The monoisotopic (exact) mass is 256 g/mol. The van der Waals surface area contributed by atoms with E-state index in [1.54, 1.807) is 11.9 Å². The number of aliphatic hydroxyl groups is 1. The van der Waals surface area contributed by atoms with Crippen LogP contribution in [0.1, 0.15) is 12.8 Å². The maximum absolute atomic E-state index is 13.6. The molecule has 0 aliphatic carbocycles. The molecule has 1 aliphatic heterocycles. The second kappa shape index (κ2) is 5.20. The number of anilines is 1. The second-order valence-corrected chi connectivity index (χ2v) is 4.81. The molecule has 0 amide bonds. The van der Waals surface area contributed by atoms with Gasteiger partial charge in [-0.1, -0.05) is 6.07 Å². The van der Waals surface area contributed by atoms with Crippen molar-refractivity contribution in [1.82, 2.24) is 5.32 Å². The second-order valence-electron chi connectivity index (χ2n) is 4.81. The van der Waals surface area contributed by atoms with Crippen molar-refractivity contribution in [2.24, 2.45) is 0 Å². The van der Waals surface area contributed by atoms with E-state index in [1.165, 1.54) is 18.2 Å². The highest BCUT2D eigenvalue weighted by Crippen LogP contribution is 2.29. The molecule has 5 heteroatoms. The summed E-state index contributed by atoms with van der Waals surface area (Å²) >= 11 is 0. The Morgan fingerprint density at radius 3 is 2.33 bits per heavy atom. The number of benzene rings is 1. The number of hydrogen-bond donors (Lipinski definition) is 2. The number of rotatable bonds is 3. The van der Waals surface area contributed by atoms with Gasteiger partial charge in [-0.2, -0.15) is 0 Å². The third-order valence-corrected chi connectivity index (χ3v) is 3.45. The highest BCUT2D eigenvalue weighted by atomic mass is 19.1. The Balaban J connectivity index is 2.10. The van der Waals surface area contributed by atoms with Gasteiger partial charge in [0.15, 0.2) is 0 Å². The highest BCUT2D eigenvalue weighted by Gasteiger charge is 2.33. The van der Waals surface area contributed by atoms with Crippen molar-refractivity contribution in [1.29, 1.82) is 0 Å². The van der Waals surface area contributed by atoms with Crippen molar-refractivity contribution in [3.8, 4) is 0 Å². The van der Waals surface area contributed by atoms with Gasteiger partial charge in [-0.15, -0.1) is 0 Å². The van der Waals surface area contributed by atoms with Gasteiger partial charge in [-0.05, 0) is 32.0 Å². The van der Waals surface area contributed by atoms with Gasteiger partial charge < -0.3 is 15.3 Å². The number of nitrogens with one attached hydrogen (secondary N) is 1. The van der Waals surface area contributed by atoms with Crippen LogP contribution in [0, 0.1) is 11.6 Å². The molecule has 1 saturated heterocycles. The van der Waals surface area contributed by atoms with Crippen LogP contribution in [0.5, 0.6) is 0 Å². The molecule has 3 nitrogen and oxygen atoms in total. The van der Waals surface area contributed by atoms with Crippen LogP contribution in [0.25, 0.3) is 0 Å². The van der Waals surface area contributed by atoms with E-state index in [0.717, 1.165) is 0 Å². The smallest absolute Gasteiger partial charge is 0.149 e. The lowest BCUT2D eigenvalue weighted by Crippen LogP contribution is -2.49. The molecular weight excluding hydrogens is 238 g/mol. The van der Waals surface area contributed by atoms with Gasteiger partial charge in [0.2, 0.25) is 0 Å². The van der Waals surface area contributed by atoms with Crippen molar-refractivity contribution in [3.63, 3.8) is 0 Å². The molecule has 1 aromatic carbocycles. The number of piperidine rings is 1. The van der Waals surface area contributed by atoms with E-state index in [4.69, 9.17) is 0 Å². The first kappa shape index (κ1) is 13.2. The van der Waals surface area contributed by atoms with Crippen LogP contribution < -0.4 is 10.2 Å². The fraction of sp³-hybridized carbons (Fsp3) is 0.538. The van der Waals surface area contributed by atoms with Crippen molar-refractivity contribution < 1.29 is 13.9 Å². The Labute approximate surface area is 105 Å². The minimum atomic E-state index is -0.771. The zero-order valence-electron chi connectivity index (χ0n) is 10.4. The predicted octanol–water partition coefficient (Wildman–Crippen LogP) is 1.52. The Hall–Kier alpha value is -1.20. The fourth-order valence-electron chi connectivity index (χ4n) is 2.44. The van der Waals surface area contributed by atoms with Gasteiger partial charge >= 0.3 is 0 Å². The number of hydrogen-bond acceptors (Lipinski definition) is 3. The minimum Gasteiger partial charge on any atom is -0.388 e. The molecule has 0 unspecified atom stereocenters. The zero-order valence-corrected chi connectivity index (χ0v) is 10.4. The van der Waals surface area contributed by atoms with Crippen LogP contribution in [0.4, 0.5) is 14.5 Å². The molecule has 100 valence electrons. The van der Waals surface area contributed by atoms with Crippen LogP contribution in [0.15, 0.2) is 18.2 Å². The van der Waals surface area contributed by atoms with Crippen molar-refractivity contribution >= 4 is 5.69 Å². The molecule has 2 rings (SSSR count). The lowest BCUT2D eigenvalue weighted by molar-refractivity contribution is 0.0183. The van der Waals surface area contributed by atoms with Crippen molar-refractivity contribution in [2.75, 3.05) is 31.6 Å². The number of likely N-dealkylation sites (N-methyl/N-ethyl adjacent to an activating group) is 1. The number of nitrogens with zero attached hydrogens (tertiary/aromatic N) is 1. The van der Waals surface area contributed by atoms with Crippen LogP contribution >= 0.6 is 0 Å². The Kier molecular flexibility index (Phi) is 3.82. The van der Waals surface area contributed by atoms with Crippen molar-refractivity contribution in [3.05, 3.63) is 29.8 Å². The largest absolute Gasteiger partial charge is 0.388 e. The molecule has 0 saturated carbocycles. The standard InChI is InChI=1S/C13H18F2N2O/c1-16-9-13(18)5-7-17(8-6-13)12-10(14)3-2-4-11(12)15/h2-4,16,18H,5-9H2,1H3. The quantitative estimate of drug-likeness (QED) is 0.860. The van der Waals surface area contributed by atoms with Gasteiger partial charge in [0, 0.05) is 19.6 Å². The molecule has 1 aliphatic rings. The average Bonchev–Trinajstić information content (AvgIpc) is 2.32. The lowest BCUT2D eigenvalue weighted by atomic mass is 9.91. The summed E-state index contributed by atoms with van der Waals surface area (Å²) in [6.07, 6.45) is 1.00. The molecule has 18 heavy (non-hydrogen) atoms. The molecule has 0 bridgehead atoms. The van der Waals surface area contributed by atoms with Gasteiger partial charge in [0.05, 0.1) is 5.60 Å². The normalized spacial score (nSPS) is 19.0. The molecule has 1 heterocycles. The highest BCUT2D eigenvalue weighted by molar-refractivity contribution is 5.49. The summed E-state index contributed by atoms with van der Waals surface area (Å²) in [4.78, 5) is 1.66. The van der Waals surface area contributed by atoms with E-state index in [1.807, 2.05) is 0 Å². The fourth-order valence-corrected chi connectivity index (χ4v) is 2.44. The minimum absolute atomic E-state index is 0.0176. The van der Waals surface area contributed by atoms with Gasteiger partial charge in [-0.3, -0.25) is 0 Å². The summed E-state index contributed by atoms with van der Waals surface area (Å²) in [7, 11) is 1.78. The average molecular weight is 256 g/mol. The summed E-state index contributed by atoms with van der Waals surface area (Å²) in [5.41, 5.74) is -0.753. The molecule has 1 fully saturated rings. The summed E-state index contributed by atoms with van der Waals surface area (Å²) in [6.45, 7) is 1.41. The molecular formula is C13H18F2N2O. The topological polar surface area (TPSA) is 35.5 Å². The first-order chi connectivity index (χ1) is 8.56. The van der Waals surface area contributed by atoms with E-state index in [9.17, 15) is 13.9 Å². The van der Waals surface area contributed by atoms with Gasteiger partial charge in [0.25, 0.3) is 0 Å². The van der Waals surface area contributed by atoms with Crippen LogP contribution in [0.2, 0.25) is 0 Å². The summed E-state index contributed by atoms with van der Waals surface area (Å²) in [5, 5.41) is 13.1. The SMILES string of the molecule is CNCC1(O)CCN(c2c(F)cccc2F)CC1. The Morgan fingerprint density at radius 1 is 1.28 bits per heavy atom. The predicted molar refractivity (Wildman–Crippen MR) is 66.7 cm³/mol. The zero-order chi connectivity index (χ0) is 13.2. The van der Waals surface area contributed by atoms with Crippen molar-refractivity contribution in [2.45, 2.75) is 18.4 Å². The van der Waals surface area contributed by atoms with Crippen LogP contribution in [-0.4, -0.2) is 37.4 Å². The summed E-state index contributed by atoms with van der Waals surface area (Å²) in [6, 6.07) is 3.87. The molecule has 0 aromatic heterocycles. The Morgan fingerprint density at radius 2 is 1.83 bits per heavy atom. The summed E-state index contributed by atoms with van der Waals surface area (Å²) < 4.78 is 27.2. The maximum Gasteiger partial charge on any atom is 0.149 e. The van der Waals surface area contributed by atoms with E-state index >= 15 is 0 Å². The number of halogens is 2. The first-order valence-electron chi connectivity index (χ1n) is 6.12.